The van der Waals surface area contributed by atoms with Crippen LogP contribution in [0.2, 0.25) is 10.0 Å². The smallest absolute Gasteiger partial charge is 0.0643 e. The molecule has 1 nitrogen and oxygen atoms in total. The standard InChI is InChI=1S/C18H21Cl2N/c1-3-12-21-18(14-10-8-13(4-2)9-11-14)15-6-5-7-16(19)17(15)20/h5-11,18,21H,3-4,12H2,1-2H3. The Hall–Kier alpha value is -1.02. The van der Waals surface area contributed by atoms with Crippen LogP contribution in [-0.4, -0.2) is 6.54 Å². The Morgan fingerprint density at radius 1 is 1.00 bits per heavy atom. The van der Waals surface area contributed by atoms with Crippen molar-refractivity contribution < 1.29 is 0 Å². The fourth-order valence-electron chi connectivity index (χ4n) is 2.39. The highest BCUT2D eigenvalue weighted by atomic mass is 35.5. The molecule has 2 aromatic carbocycles. The molecular formula is C18H21Cl2N. The molecular weight excluding hydrogens is 301 g/mol. The van der Waals surface area contributed by atoms with Crippen LogP contribution in [0.25, 0.3) is 0 Å². The van der Waals surface area contributed by atoms with Crippen LogP contribution in [0, 0.1) is 0 Å². The van der Waals surface area contributed by atoms with Crippen molar-refractivity contribution in [2.45, 2.75) is 32.7 Å². The van der Waals surface area contributed by atoms with Crippen molar-refractivity contribution in [2.75, 3.05) is 6.54 Å². The van der Waals surface area contributed by atoms with Crippen molar-refractivity contribution in [3.8, 4) is 0 Å². The van der Waals surface area contributed by atoms with Gasteiger partial charge in [0.25, 0.3) is 0 Å². The summed E-state index contributed by atoms with van der Waals surface area (Å²) in [6.07, 6.45) is 2.12. The van der Waals surface area contributed by atoms with Crippen LogP contribution in [0.15, 0.2) is 42.5 Å². The van der Waals surface area contributed by atoms with Gasteiger partial charge in [0.05, 0.1) is 16.1 Å². The van der Waals surface area contributed by atoms with Gasteiger partial charge in [-0.2, -0.15) is 0 Å². The molecule has 1 unspecified atom stereocenters. The second-order valence-electron chi connectivity index (χ2n) is 5.13. The Labute approximate surface area is 137 Å². The molecule has 0 aliphatic heterocycles. The van der Waals surface area contributed by atoms with Crippen molar-refractivity contribution in [3.05, 3.63) is 69.2 Å². The van der Waals surface area contributed by atoms with Crippen LogP contribution < -0.4 is 5.32 Å². The van der Waals surface area contributed by atoms with Crippen LogP contribution in [0.4, 0.5) is 0 Å². The normalized spacial score (nSPS) is 12.4. The fourth-order valence-corrected chi connectivity index (χ4v) is 2.80. The van der Waals surface area contributed by atoms with Gasteiger partial charge in [-0.15, -0.1) is 0 Å². The predicted octanol–water partition coefficient (Wildman–Crippen LogP) is 5.64. The molecule has 0 aliphatic rings. The number of halogens is 2. The van der Waals surface area contributed by atoms with Crippen molar-refractivity contribution in [1.29, 1.82) is 0 Å². The van der Waals surface area contributed by atoms with Crippen LogP contribution in [-0.2, 0) is 6.42 Å². The molecule has 0 bridgehead atoms. The maximum atomic E-state index is 6.40. The number of hydrogen-bond donors (Lipinski definition) is 1. The van der Waals surface area contributed by atoms with E-state index in [0.29, 0.717) is 10.0 Å². The highest BCUT2D eigenvalue weighted by Crippen LogP contribution is 2.33. The predicted molar refractivity (Wildman–Crippen MR) is 92.4 cm³/mol. The molecule has 3 heteroatoms. The molecule has 0 aliphatic carbocycles. The molecule has 0 aromatic heterocycles. The monoisotopic (exact) mass is 321 g/mol. The van der Waals surface area contributed by atoms with E-state index in [1.807, 2.05) is 18.2 Å². The summed E-state index contributed by atoms with van der Waals surface area (Å²) in [6.45, 7) is 5.25. The number of rotatable bonds is 6. The van der Waals surface area contributed by atoms with Crippen molar-refractivity contribution in [1.82, 2.24) is 5.32 Å². The first-order valence-electron chi connectivity index (χ1n) is 7.43. The van der Waals surface area contributed by atoms with Gasteiger partial charge in [0.1, 0.15) is 0 Å². The van der Waals surface area contributed by atoms with Crippen molar-refractivity contribution in [2.24, 2.45) is 0 Å². The van der Waals surface area contributed by atoms with E-state index in [1.165, 1.54) is 11.1 Å². The number of benzene rings is 2. The second kappa shape index (κ2) is 7.84. The average molecular weight is 322 g/mol. The second-order valence-corrected chi connectivity index (χ2v) is 5.91. The van der Waals surface area contributed by atoms with Gasteiger partial charge >= 0.3 is 0 Å². The summed E-state index contributed by atoms with van der Waals surface area (Å²) in [6, 6.07) is 14.6. The lowest BCUT2D eigenvalue weighted by atomic mass is 9.97. The van der Waals surface area contributed by atoms with Gasteiger partial charge in [-0.05, 0) is 42.1 Å². The van der Waals surface area contributed by atoms with E-state index >= 15 is 0 Å². The van der Waals surface area contributed by atoms with E-state index in [4.69, 9.17) is 23.2 Å². The molecule has 0 radical (unpaired) electrons. The van der Waals surface area contributed by atoms with E-state index in [2.05, 4.69) is 43.4 Å². The van der Waals surface area contributed by atoms with Crippen molar-refractivity contribution >= 4 is 23.2 Å². The van der Waals surface area contributed by atoms with Gasteiger partial charge in [0.15, 0.2) is 0 Å². The summed E-state index contributed by atoms with van der Waals surface area (Å²) >= 11 is 12.6. The zero-order valence-electron chi connectivity index (χ0n) is 12.5. The van der Waals surface area contributed by atoms with Crippen molar-refractivity contribution in [3.63, 3.8) is 0 Å². The zero-order valence-corrected chi connectivity index (χ0v) is 14.0. The molecule has 0 fully saturated rings. The fraction of sp³-hybridized carbons (Fsp3) is 0.333. The first-order chi connectivity index (χ1) is 10.2. The van der Waals surface area contributed by atoms with Gasteiger partial charge < -0.3 is 5.32 Å². The van der Waals surface area contributed by atoms with Gasteiger partial charge in [0.2, 0.25) is 0 Å². The topological polar surface area (TPSA) is 12.0 Å². The summed E-state index contributed by atoms with van der Waals surface area (Å²) in [5, 5.41) is 4.80. The van der Waals surface area contributed by atoms with E-state index < -0.39 is 0 Å². The third-order valence-corrected chi connectivity index (χ3v) is 4.45. The molecule has 112 valence electrons. The molecule has 0 heterocycles. The molecule has 0 spiro atoms. The SMILES string of the molecule is CCCNC(c1ccc(CC)cc1)c1cccc(Cl)c1Cl. The molecule has 0 saturated heterocycles. The largest absolute Gasteiger partial charge is 0.306 e. The van der Waals surface area contributed by atoms with Gasteiger partial charge in [-0.1, -0.05) is 73.4 Å². The summed E-state index contributed by atoms with van der Waals surface area (Å²) in [7, 11) is 0. The zero-order chi connectivity index (χ0) is 15.2. The molecule has 2 aromatic rings. The lowest BCUT2D eigenvalue weighted by molar-refractivity contribution is 0.598. The summed E-state index contributed by atoms with van der Waals surface area (Å²) < 4.78 is 0. The van der Waals surface area contributed by atoms with E-state index in [1.54, 1.807) is 0 Å². The third kappa shape index (κ3) is 4.00. The molecule has 2 rings (SSSR count). The minimum absolute atomic E-state index is 0.0713. The number of nitrogens with one attached hydrogen (secondary N) is 1. The summed E-state index contributed by atoms with van der Waals surface area (Å²) in [4.78, 5) is 0. The highest BCUT2D eigenvalue weighted by Gasteiger charge is 2.17. The summed E-state index contributed by atoms with van der Waals surface area (Å²) in [5.74, 6) is 0. The van der Waals surface area contributed by atoms with E-state index in [0.717, 1.165) is 24.9 Å². The molecule has 0 amide bonds. The quantitative estimate of drug-likeness (QED) is 0.725. The third-order valence-electron chi connectivity index (χ3n) is 3.61. The first-order valence-corrected chi connectivity index (χ1v) is 8.19. The maximum Gasteiger partial charge on any atom is 0.0643 e. The summed E-state index contributed by atoms with van der Waals surface area (Å²) in [5.41, 5.74) is 3.58. The Morgan fingerprint density at radius 3 is 2.33 bits per heavy atom. The van der Waals surface area contributed by atoms with Crippen LogP contribution in [0.5, 0.6) is 0 Å². The minimum atomic E-state index is 0.0713. The Morgan fingerprint density at radius 2 is 1.71 bits per heavy atom. The minimum Gasteiger partial charge on any atom is -0.306 e. The van der Waals surface area contributed by atoms with Gasteiger partial charge in [-0.25, -0.2) is 0 Å². The van der Waals surface area contributed by atoms with Crippen LogP contribution in [0.3, 0.4) is 0 Å². The van der Waals surface area contributed by atoms with Gasteiger partial charge in [0, 0.05) is 0 Å². The molecule has 1 atom stereocenters. The molecule has 21 heavy (non-hydrogen) atoms. The number of aryl methyl sites for hydroxylation is 1. The molecule has 1 N–H and O–H groups in total. The van der Waals surface area contributed by atoms with E-state index in [-0.39, 0.29) is 6.04 Å². The van der Waals surface area contributed by atoms with Gasteiger partial charge in [-0.3, -0.25) is 0 Å². The van der Waals surface area contributed by atoms with E-state index in [9.17, 15) is 0 Å². The maximum absolute atomic E-state index is 6.40. The Kier molecular flexibility index (Phi) is 6.10. The average Bonchev–Trinajstić information content (AvgIpc) is 2.52. The highest BCUT2D eigenvalue weighted by molar-refractivity contribution is 6.42. The lowest BCUT2D eigenvalue weighted by Crippen LogP contribution is -2.23. The van der Waals surface area contributed by atoms with Crippen LogP contribution >= 0.6 is 23.2 Å². The first kappa shape index (κ1) is 16.4. The van der Waals surface area contributed by atoms with Crippen LogP contribution in [0.1, 0.15) is 43.0 Å². The lowest BCUT2D eigenvalue weighted by Gasteiger charge is -2.21. The Balaban J connectivity index is 2.39. The number of hydrogen-bond acceptors (Lipinski definition) is 1. The molecule has 0 saturated carbocycles. The Bertz CT molecular complexity index is 578.